The molecule has 9 heavy (non-hydrogen) atoms. The van der Waals surface area contributed by atoms with Gasteiger partial charge in [-0.15, -0.1) is 11.3 Å². The Balaban J connectivity index is 3.03. The zero-order valence-corrected chi connectivity index (χ0v) is 5.23. The first kappa shape index (κ1) is 5.99. The van der Waals surface area contributed by atoms with Gasteiger partial charge in [-0.25, -0.2) is 0 Å². The second-order valence-corrected chi connectivity index (χ2v) is 2.46. The lowest BCUT2D eigenvalue weighted by molar-refractivity contribution is 0.563. The van der Waals surface area contributed by atoms with E-state index in [4.69, 9.17) is 5.26 Å². The summed E-state index contributed by atoms with van der Waals surface area (Å²) < 4.78 is 0. The molecule has 0 N–H and O–H groups in total. The van der Waals surface area contributed by atoms with E-state index >= 15 is 0 Å². The Hall–Kier alpha value is -1.14. The average Bonchev–Trinajstić information content (AvgIpc) is 2.34. The zero-order chi connectivity index (χ0) is 6.69. The number of hydrogen-bond donors (Lipinski definition) is 0. The first-order valence-corrected chi connectivity index (χ1v) is 3.06. The van der Waals surface area contributed by atoms with Gasteiger partial charge < -0.3 is 0 Å². The third-order valence-electron chi connectivity index (χ3n) is 0.817. The summed E-state index contributed by atoms with van der Waals surface area (Å²) in [5, 5.41) is 8.28. The van der Waals surface area contributed by atoms with E-state index in [1.165, 1.54) is 0 Å². The Morgan fingerprint density at radius 1 is 1.44 bits per heavy atom. The molecular weight excluding hydrogens is 134 g/mol. The molecule has 0 spiro atoms. The molecule has 1 aromatic heterocycles. The molecule has 1 aromatic rings. The summed E-state index contributed by atoms with van der Waals surface area (Å²) in [5.74, 6) is 0. The number of nitrogens with zero attached hydrogens (tertiary/aromatic N) is 1. The van der Waals surface area contributed by atoms with Crippen LogP contribution in [-0.2, 0) is 4.79 Å². The van der Waals surface area contributed by atoms with Gasteiger partial charge in [0.2, 0.25) is 6.29 Å². The topological polar surface area (TPSA) is 40.9 Å². The lowest BCUT2D eigenvalue weighted by Crippen LogP contribution is -1.63. The van der Waals surface area contributed by atoms with Crippen molar-refractivity contribution in [2.45, 2.75) is 0 Å². The fraction of sp³-hybridized carbons (Fsp3) is 0. The van der Waals surface area contributed by atoms with Crippen molar-refractivity contribution < 1.29 is 4.79 Å². The van der Waals surface area contributed by atoms with Gasteiger partial charge in [-0.05, 0) is 12.1 Å². The second-order valence-electron chi connectivity index (χ2n) is 1.38. The first-order valence-electron chi connectivity index (χ1n) is 2.25. The summed E-state index contributed by atoms with van der Waals surface area (Å²) in [5.41, 5.74) is 0. The normalized spacial score (nSPS) is 8.33. The number of carbonyl (C=O) groups excluding carboxylic acids is 1. The lowest BCUT2D eigenvalue weighted by Gasteiger charge is -1.68. The van der Waals surface area contributed by atoms with E-state index in [1.807, 2.05) is 6.07 Å². The lowest BCUT2D eigenvalue weighted by atomic mass is 10.4. The van der Waals surface area contributed by atoms with Gasteiger partial charge in [0, 0.05) is 0 Å². The Kier molecular flexibility index (Phi) is 1.61. The quantitative estimate of drug-likeness (QED) is 0.579. The van der Waals surface area contributed by atoms with Crippen molar-refractivity contribution in [3.05, 3.63) is 21.9 Å². The maximum absolute atomic E-state index is 9.91. The van der Waals surface area contributed by atoms with Gasteiger partial charge in [-0.3, -0.25) is 4.79 Å². The molecule has 1 radical (unpaired) electrons. The van der Waals surface area contributed by atoms with Crippen LogP contribution in [0.1, 0.15) is 9.75 Å². The molecule has 0 atom stereocenters. The molecule has 3 heteroatoms. The molecule has 0 aliphatic heterocycles. The highest BCUT2D eigenvalue weighted by atomic mass is 32.1. The van der Waals surface area contributed by atoms with Crippen LogP contribution in [-0.4, -0.2) is 6.29 Å². The van der Waals surface area contributed by atoms with E-state index < -0.39 is 0 Å². The van der Waals surface area contributed by atoms with Gasteiger partial charge in [0.05, 0.1) is 4.88 Å². The van der Waals surface area contributed by atoms with Crippen LogP contribution in [0.2, 0.25) is 0 Å². The molecule has 0 saturated heterocycles. The summed E-state index contributed by atoms with van der Waals surface area (Å²) in [6, 6.07) is 5.10. The van der Waals surface area contributed by atoms with Gasteiger partial charge in [0.25, 0.3) is 0 Å². The molecule has 0 fully saturated rings. The van der Waals surface area contributed by atoms with Gasteiger partial charge >= 0.3 is 0 Å². The maximum Gasteiger partial charge on any atom is 0.244 e. The highest BCUT2D eigenvalue weighted by Gasteiger charge is 1.95. The van der Waals surface area contributed by atoms with Crippen molar-refractivity contribution in [3.8, 4) is 6.07 Å². The van der Waals surface area contributed by atoms with Crippen molar-refractivity contribution in [1.29, 1.82) is 5.26 Å². The Labute approximate surface area is 56.4 Å². The van der Waals surface area contributed by atoms with Crippen LogP contribution < -0.4 is 0 Å². The zero-order valence-electron chi connectivity index (χ0n) is 4.42. The molecule has 2 nitrogen and oxygen atoms in total. The molecular formula is C6H2NOS. The Morgan fingerprint density at radius 3 is 2.44 bits per heavy atom. The predicted octanol–water partition coefficient (Wildman–Crippen LogP) is 1.08. The molecule has 0 bridgehead atoms. The summed E-state index contributed by atoms with van der Waals surface area (Å²) in [6.45, 7) is 0. The van der Waals surface area contributed by atoms with Crippen LogP contribution in [0.3, 0.4) is 0 Å². The minimum Gasteiger partial charge on any atom is -0.284 e. The van der Waals surface area contributed by atoms with E-state index in [-0.39, 0.29) is 0 Å². The van der Waals surface area contributed by atoms with Crippen LogP contribution in [0, 0.1) is 11.3 Å². The van der Waals surface area contributed by atoms with Crippen molar-refractivity contribution in [2.24, 2.45) is 0 Å². The summed E-state index contributed by atoms with van der Waals surface area (Å²) >= 11 is 1.15. The molecule has 0 unspecified atom stereocenters. The largest absolute Gasteiger partial charge is 0.284 e. The Morgan fingerprint density at radius 2 is 2.11 bits per heavy atom. The van der Waals surface area contributed by atoms with Crippen LogP contribution in [0.15, 0.2) is 12.1 Å². The second kappa shape index (κ2) is 2.42. The fourth-order valence-electron chi connectivity index (χ4n) is 0.453. The minimum atomic E-state index is 0.478. The number of thiophene rings is 1. The average molecular weight is 136 g/mol. The van der Waals surface area contributed by atoms with Gasteiger partial charge in [-0.1, -0.05) is 0 Å². The van der Waals surface area contributed by atoms with Crippen molar-refractivity contribution in [1.82, 2.24) is 0 Å². The molecule has 0 aliphatic carbocycles. The standard InChI is InChI=1S/C6H2NOS/c7-3-5-1-2-6(4-8)9-5/h1-2H. The van der Waals surface area contributed by atoms with Crippen LogP contribution >= 0.6 is 11.3 Å². The van der Waals surface area contributed by atoms with E-state index in [1.54, 1.807) is 18.4 Å². The van der Waals surface area contributed by atoms with Crippen LogP contribution in [0.4, 0.5) is 0 Å². The summed E-state index contributed by atoms with van der Waals surface area (Å²) in [7, 11) is 0. The summed E-state index contributed by atoms with van der Waals surface area (Å²) in [4.78, 5) is 10.9. The van der Waals surface area contributed by atoms with Crippen molar-refractivity contribution in [3.63, 3.8) is 0 Å². The minimum absolute atomic E-state index is 0.478. The highest BCUT2D eigenvalue weighted by Crippen LogP contribution is 2.11. The fourth-order valence-corrected chi connectivity index (χ4v) is 1.05. The summed E-state index contributed by atoms with van der Waals surface area (Å²) in [6.07, 6.45) is 1.70. The van der Waals surface area contributed by atoms with Gasteiger partial charge in [0.1, 0.15) is 10.9 Å². The SMILES string of the molecule is N#Cc1ccc([C]=O)s1. The molecule has 0 saturated carbocycles. The number of hydrogen-bond acceptors (Lipinski definition) is 3. The maximum atomic E-state index is 9.91. The molecule has 1 rings (SSSR count). The molecule has 0 amide bonds. The Bertz CT molecular complexity index is 258. The number of nitriles is 1. The van der Waals surface area contributed by atoms with Crippen LogP contribution in [0.5, 0.6) is 0 Å². The smallest absolute Gasteiger partial charge is 0.244 e. The molecule has 1 heterocycles. The van der Waals surface area contributed by atoms with Crippen molar-refractivity contribution in [2.75, 3.05) is 0 Å². The van der Waals surface area contributed by atoms with Crippen LogP contribution in [0.25, 0.3) is 0 Å². The number of rotatable bonds is 1. The van der Waals surface area contributed by atoms with Crippen molar-refractivity contribution >= 4 is 17.6 Å². The molecule has 43 valence electrons. The van der Waals surface area contributed by atoms with E-state index in [0.29, 0.717) is 9.75 Å². The van der Waals surface area contributed by atoms with E-state index in [2.05, 4.69) is 0 Å². The van der Waals surface area contributed by atoms with Gasteiger partial charge in [0.15, 0.2) is 0 Å². The third kappa shape index (κ3) is 1.15. The monoisotopic (exact) mass is 136 g/mol. The highest BCUT2D eigenvalue weighted by molar-refractivity contribution is 7.14. The molecule has 0 aliphatic rings. The van der Waals surface area contributed by atoms with E-state index in [9.17, 15) is 4.79 Å². The predicted molar refractivity (Wildman–Crippen MR) is 33.8 cm³/mol. The van der Waals surface area contributed by atoms with E-state index in [0.717, 1.165) is 11.3 Å². The molecule has 0 aromatic carbocycles. The first-order chi connectivity index (χ1) is 4.36. The van der Waals surface area contributed by atoms with Gasteiger partial charge in [-0.2, -0.15) is 5.26 Å². The third-order valence-corrected chi connectivity index (χ3v) is 1.70.